The van der Waals surface area contributed by atoms with Crippen LogP contribution in [0.25, 0.3) is 0 Å². The fourth-order valence-electron chi connectivity index (χ4n) is 1.87. The summed E-state index contributed by atoms with van der Waals surface area (Å²) in [4.78, 5) is 0. The van der Waals surface area contributed by atoms with Crippen molar-refractivity contribution in [3.8, 4) is 11.5 Å². The van der Waals surface area contributed by atoms with Crippen LogP contribution in [0, 0.1) is 5.82 Å². The van der Waals surface area contributed by atoms with Crippen molar-refractivity contribution >= 4 is 15.9 Å². The standard InChI is InChI=1S/C16H17BrFNO2/c1-11(19)15-10-13(18)5-6-16(15)21-8-7-20-14-4-2-3-12(17)9-14/h2-6,9-11H,7-8,19H2,1H3/t11-/m1/s1. The Morgan fingerprint density at radius 2 is 1.90 bits per heavy atom. The first-order valence-electron chi connectivity index (χ1n) is 6.62. The predicted octanol–water partition coefficient (Wildman–Crippen LogP) is 4.07. The topological polar surface area (TPSA) is 44.5 Å². The number of halogens is 2. The van der Waals surface area contributed by atoms with E-state index < -0.39 is 0 Å². The lowest BCUT2D eigenvalue weighted by atomic mass is 10.1. The van der Waals surface area contributed by atoms with Crippen LogP contribution in [0.1, 0.15) is 18.5 Å². The minimum absolute atomic E-state index is 0.290. The molecule has 21 heavy (non-hydrogen) atoms. The number of rotatable bonds is 6. The van der Waals surface area contributed by atoms with Crippen LogP contribution < -0.4 is 15.2 Å². The van der Waals surface area contributed by atoms with E-state index in [1.807, 2.05) is 24.3 Å². The van der Waals surface area contributed by atoms with Gasteiger partial charge in [-0.2, -0.15) is 0 Å². The Bertz CT molecular complexity index is 605. The van der Waals surface area contributed by atoms with Crippen LogP contribution in [-0.4, -0.2) is 13.2 Å². The molecule has 0 spiro atoms. The van der Waals surface area contributed by atoms with E-state index in [2.05, 4.69) is 15.9 Å². The van der Waals surface area contributed by atoms with Gasteiger partial charge in [0, 0.05) is 16.1 Å². The fourth-order valence-corrected chi connectivity index (χ4v) is 2.25. The molecule has 0 aliphatic carbocycles. The van der Waals surface area contributed by atoms with E-state index in [4.69, 9.17) is 15.2 Å². The number of benzene rings is 2. The molecule has 0 aliphatic heterocycles. The second kappa shape index (κ2) is 7.43. The van der Waals surface area contributed by atoms with Gasteiger partial charge in [0.2, 0.25) is 0 Å². The van der Waals surface area contributed by atoms with Crippen molar-refractivity contribution in [2.24, 2.45) is 5.73 Å². The summed E-state index contributed by atoms with van der Waals surface area (Å²) in [6.07, 6.45) is 0. The maximum Gasteiger partial charge on any atom is 0.124 e. The summed E-state index contributed by atoms with van der Waals surface area (Å²) in [5, 5.41) is 0. The summed E-state index contributed by atoms with van der Waals surface area (Å²) in [6.45, 7) is 2.55. The van der Waals surface area contributed by atoms with Crippen molar-refractivity contribution in [2.45, 2.75) is 13.0 Å². The zero-order valence-electron chi connectivity index (χ0n) is 11.7. The number of ether oxygens (including phenoxy) is 2. The minimum atomic E-state index is -0.319. The molecule has 0 aromatic heterocycles. The van der Waals surface area contributed by atoms with Gasteiger partial charge in [-0.05, 0) is 43.3 Å². The summed E-state index contributed by atoms with van der Waals surface area (Å²) in [7, 11) is 0. The Kier molecular flexibility index (Phi) is 5.59. The smallest absolute Gasteiger partial charge is 0.124 e. The number of nitrogens with two attached hydrogens (primary N) is 1. The van der Waals surface area contributed by atoms with E-state index in [0.29, 0.717) is 24.5 Å². The summed E-state index contributed by atoms with van der Waals surface area (Å²) in [5.74, 6) is 1.03. The Morgan fingerprint density at radius 1 is 1.14 bits per heavy atom. The number of hydrogen-bond donors (Lipinski definition) is 1. The van der Waals surface area contributed by atoms with Gasteiger partial charge in [0.1, 0.15) is 30.5 Å². The van der Waals surface area contributed by atoms with E-state index in [1.165, 1.54) is 12.1 Å². The van der Waals surface area contributed by atoms with Gasteiger partial charge in [0.25, 0.3) is 0 Å². The van der Waals surface area contributed by atoms with Crippen LogP contribution in [0.2, 0.25) is 0 Å². The third-order valence-corrected chi connectivity index (χ3v) is 3.36. The van der Waals surface area contributed by atoms with Gasteiger partial charge >= 0.3 is 0 Å². The van der Waals surface area contributed by atoms with Crippen LogP contribution in [0.3, 0.4) is 0 Å². The van der Waals surface area contributed by atoms with Gasteiger partial charge in [-0.1, -0.05) is 22.0 Å². The van der Waals surface area contributed by atoms with Crippen molar-refractivity contribution in [1.82, 2.24) is 0 Å². The molecule has 2 aromatic rings. The average molecular weight is 354 g/mol. The molecular formula is C16H17BrFNO2. The zero-order chi connectivity index (χ0) is 15.2. The lowest BCUT2D eigenvalue weighted by molar-refractivity contribution is 0.215. The van der Waals surface area contributed by atoms with Crippen LogP contribution in [0.15, 0.2) is 46.9 Å². The molecule has 1 atom stereocenters. The maximum atomic E-state index is 13.2. The van der Waals surface area contributed by atoms with Gasteiger partial charge in [0.15, 0.2) is 0 Å². The van der Waals surface area contributed by atoms with E-state index >= 15 is 0 Å². The van der Waals surface area contributed by atoms with Crippen molar-refractivity contribution in [3.63, 3.8) is 0 Å². The monoisotopic (exact) mass is 353 g/mol. The summed E-state index contributed by atoms with van der Waals surface area (Å²) in [5.41, 5.74) is 6.46. The van der Waals surface area contributed by atoms with Gasteiger partial charge < -0.3 is 15.2 Å². The lowest BCUT2D eigenvalue weighted by Gasteiger charge is -2.14. The van der Waals surface area contributed by atoms with Crippen molar-refractivity contribution < 1.29 is 13.9 Å². The van der Waals surface area contributed by atoms with Gasteiger partial charge in [0.05, 0.1) is 0 Å². The molecular weight excluding hydrogens is 337 g/mol. The quantitative estimate of drug-likeness (QED) is 0.796. The molecule has 0 fully saturated rings. The minimum Gasteiger partial charge on any atom is -0.490 e. The molecule has 0 bridgehead atoms. The molecule has 2 aromatic carbocycles. The normalized spacial score (nSPS) is 12.0. The van der Waals surface area contributed by atoms with Gasteiger partial charge in [-0.3, -0.25) is 0 Å². The first-order valence-corrected chi connectivity index (χ1v) is 7.42. The molecule has 2 N–H and O–H groups in total. The second-order valence-corrected chi connectivity index (χ2v) is 5.54. The molecule has 3 nitrogen and oxygen atoms in total. The molecule has 112 valence electrons. The Balaban J connectivity index is 1.89. The van der Waals surface area contributed by atoms with Crippen LogP contribution >= 0.6 is 15.9 Å². The fraction of sp³-hybridized carbons (Fsp3) is 0.250. The highest BCUT2D eigenvalue weighted by Gasteiger charge is 2.09. The average Bonchev–Trinajstić information content (AvgIpc) is 2.44. The van der Waals surface area contributed by atoms with Gasteiger partial charge in [-0.25, -0.2) is 4.39 Å². The maximum absolute atomic E-state index is 13.2. The Labute approximate surface area is 132 Å². The zero-order valence-corrected chi connectivity index (χ0v) is 13.3. The summed E-state index contributed by atoms with van der Waals surface area (Å²) < 4.78 is 25.4. The first kappa shape index (κ1) is 15.8. The molecule has 0 saturated carbocycles. The highest BCUT2D eigenvalue weighted by atomic mass is 79.9. The summed E-state index contributed by atoms with van der Waals surface area (Å²) >= 11 is 3.38. The second-order valence-electron chi connectivity index (χ2n) is 4.63. The molecule has 0 amide bonds. The third kappa shape index (κ3) is 4.72. The highest BCUT2D eigenvalue weighted by Crippen LogP contribution is 2.24. The summed E-state index contributed by atoms with van der Waals surface area (Å²) in [6, 6.07) is 11.6. The van der Waals surface area contributed by atoms with Crippen molar-refractivity contribution in [1.29, 1.82) is 0 Å². The number of hydrogen-bond acceptors (Lipinski definition) is 3. The molecule has 0 saturated heterocycles. The SMILES string of the molecule is C[C@@H](N)c1cc(F)ccc1OCCOc1cccc(Br)c1. The largest absolute Gasteiger partial charge is 0.490 e. The molecule has 5 heteroatoms. The lowest BCUT2D eigenvalue weighted by Crippen LogP contribution is -2.13. The van der Waals surface area contributed by atoms with Crippen molar-refractivity contribution in [3.05, 3.63) is 58.3 Å². The Hall–Kier alpha value is -1.59. The highest BCUT2D eigenvalue weighted by molar-refractivity contribution is 9.10. The van der Waals surface area contributed by atoms with Gasteiger partial charge in [-0.15, -0.1) is 0 Å². The third-order valence-electron chi connectivity index (χ3n) is 2.87. The molecule has 0 aliphatic rings. The van der Waals surface area contributed by atoms with E-state index in [0.717, 1.165) is 10.2 Å². The Morgan fingerprint density at radius 3 is 2.62 bits per heavy atom. The molecule has 0 heterocycles. The molecule has 0 unspecified atom stereocenters. The molecule has 2 rings (SSSR count). The van der Waals surface area contributed by atoms with E-state index in [1.54, 1.807) is 13.0 Å². The first-order chi connectivity index (χ1) is 10.1. The predicted molar refractivity (Wildman–Crippen MR) is 84.1 cm³/mol. The van der Waals surface area contributed by atoms with E-state index in [9.17, 15) is 4.39 Å². The van der Waals surface area contributed by atoms with Crippen molar-refractivity contribution in [2.75, 3.05) is 13.2 Å². The van der Waals surface area contributed by atoms with Crippen LogP contribution in [0.4, 0.5) is 4.39 Å². The van der Waals surface area contributed by atoms with Crippen LogP contribution in [0.5, 0.6) is 11.5 Å². The molecule has 0 radical (unpaired) electrons. The van der Waals surface area contributed by atoms with Crippen LogP contribution in [-0.2, 0) is 0 Å². The van der Waals surface area contributed by atoms with E-state index in [-0.39, 0.29) is 11.9 Å².